The van der Waals surface area contributed by atoms with Gasteiger partial charge >= 0.3 is 6.09 Å². The first-order chi connectivity index (χ1) is 21.2. The number of carbonyl (C=O) groups excluding carboxylic acids is 5. The standard InChI is InChI=1S/C29H43N5O11/c1-15(35)21(24(30)37)32-27(40)29(14-17-12-19(42-3)23(44-5)20(13-17)43-4)9-7-11-34(29)25(38)18-8-6-10-33(18)26(39)22(16(2)36)45-28(31)41/h12-13,15-16,18,21-22,35-36H,6-11,14H2,1-5H3,(H2,30,37)(H2,31,41)(H,32,40)/t15-,16-,18?,21+,22+,29+/m1/s1. The van der Waals surface area contributed by atoms with Gasteiger partial charge in [-0.25, -0.2) is 4.79 Å². The first-order valence-corrected chi connectivity index (χ1v) is 14.6. The van der Waals surface area contributed by atoms with Crippen molar-refractivity contribution in [2.45, 2.75) is 81.9 Å². The summed E-state index contributed by atoms with van der Waals surface area (Å²) in [5.74, 6) is -2.13. The minimum atomic E-state index is -1.64. The van der Waals surface area contributed by atoms with Gasteiger partial charge in [0, 0.05) is 19.5 Å². The number of carbonyl (C=O) groups is 5. The molecule has 0 spiro atoms. The number of hydrogen-bond donors (Lipinski definition) is 5. The molecule has 1 aromatic rings. The Kier molecular flexibility index (Phi) is 11.4. The van der Waals surface area contributed by atoms with E-state index in [-0.39, 0.29) is 32.4 Å². The number of nitrogens with two attached hydrogens (primary N) is 2. The van der Waals surface area contributed by atoms with Crippen LogP contribution in [0.15, 0.2) is 12.1 Å². The molecule has 250 valence electrons. The topological polar surface area (TPSA) is 233 Å². The number of aliphatic hydroxyl groups is 2. The Morgan fingerprint density at radius 1 is 0.978 bits per heavy atom. The Morgan fingerprint density at radius 3 is 2.09 bits per heavy atom. The molecule has 7 N–H and O–H groups in total. The Morgan fingerprint density at radius 2 is 1.60 bits per heavy atom. The molecule has 5 amide bonds. The van der Waals surface area contributed by atoms with Gasteiger partial charge in [-0.15, -0.1) is 0 Å². The van der Waals surface area contributed by atoms with E-state index < -0.39 is 65.7 Å². The third-order valence-corrected chi connectivity index (χ3v) is 8.22. The molecule has 2 aliphatic heterocycles. The van der Waals surface area contributed by atoms with E-state index in [1.54, 1.807) is 12.1 Å². The molecular formula is C29H43N5O11. The van der Waals surface area contributed by atoms with Crippen LogP contribution < -0.4 is 31.0 Å². The highest BCUT2D eigenvalue weighted by Gasteiger charge is 2.53. The molecule has 6 atom stereocenters. The first-order valence-electron chi connectivity index (χ1n) is 14.6. The van der Waals surface area contributed by atoms with Gasteiger partial charge in [0.25, 0.3) is 5.91 Å². The van der Waals surface area contributed by atoms with Crippen LogP contribution in [0.3, 0.4) is 0 Å². The van der Waals surface area contributed by atoms with E-state index in [0.717, 1.165) is 0 Å². The van der Waals surface area contributed by atoms with Crippen LogP contribution in [0.2, 0.25) is 0 Å². The Balaban J connectivity index is 2.08. The number of methoxy groups -OCH3 is 3. The molecule has 0 bridgehead atoms. The molecule has 2 aliphatic rings. The van der Waals surface area contributed by atoms with Crippen LogP contribution in [-0.4, -0.2) is 120 Å². The van der Waals surface area contributed by atoms with Crippen LogP contribution in [0, 0.1) is 0 Å². The lowest BCUT2D eigenvalue weighted by molar-refractivity contribution is -0.156. The van der Waals surface area contributed by atoms with Gasteiger partial charge in [0.15, 0.2) is 11.5 Å². The summed E-state index contributed by atoms with van der Waals surface area (Å²) in [4.78, 5) is 68.1. The Bertz CT molecular complexity index is 1260. The van der Waals surface area contributed by atoms with Gasteiger partial charge in [-0.2, -0.15) is 0 Å². The lowest BCUT2D eigenvalue weighted by Gasteiger charge is -2.41. The summed E-state index contributed by atoms with van der Waals surface area (Å²) < 4.78 is 21.2. The lowest BCUT2D eigenvalue weighted by Crippen LogP contribution is -2.65. The minimum absolute atomic E-state index is 0.0751. The van der Waals surface area contributed by atoms with E-state index in [0.29, 0.717) is 35.7 Å². The summed E-state index contributed by atoms with van der Waals surface area (Å²) in [6.45, 7) is 2.81. The number of likely N-dealkylation sites (tertiary alicyclic amines) is 2. The monoisotopic (exact) mass is 637 g/mol. The van der Waals surface area contributed by atoms with Crippen LogP contribution in [-0.2, 0) is 30.3 Å². The van der Waals surface area contributed by atoms with Crippen LogP contribution in [0.5, 0.6) is 17.2 Å². The van der Waals surface area contributed by atoms with Crippen molar-refractivity contribution in [2.75, 3.05) is 34.4 Å². The summed E-state index contributed by atoms with van der Waals surface area (Å²) in [5.41, 5.74) is 9.50. The third-order valence-electron chi connectivity index (χ3n) is 8.22. The molecule has 2 saturated heterocycles. The van der Waals surface area contributed by atoms with E-state index in [4.69, 9.17) is 30.4 Å². The van der Waals surface area contributed by atoms with E-state index in [9.17, 15) is 34.2 Å². The fraction of sp³-hybridized carbons (Fsp3) is 0.621. The van der Waals surface area contributed by atoms with Crippen molar-refractivity contribution in [1.82, 2.24) is 15.1 Å². The number of rotatable bonds is 13. The number of ether oxygens (including phenoxy) is 4. The quantitative estimate of drug-likeness (QED) is 0.172. The number of primary amides is 2. The zero-order chi connectivity index (χ0) is 33.6. The van der Waals surface area contributed by atoms with Crippen molar-refractivity contribution >= 4 is 29.7 Å². The number of amides is 5. The summed E-state index contributed by atoms with van der Waals surface area (Å²) in [6.07, 6.45) is -4.50. The van der Waals surface area contributed by atoms with Crippen molar-refractivity contribution in [3.8, 4) is 17.2 Å². The Hall–Kier alpha value is -4.31. The van der Waals surface area contributed by atoms with Crippen LogP contribution in [0.1, 0.15) is 45.1 Å². The summed E-state index contributed by atoms with van der Waals surface area (Å²) in [6, 6.07) is 0.771. The molecule has 0 saturated carbocycles. The maximum atomic E-state index is 14.3. The SMILES string of the molecule is COc1cc(C[C@]2(C(=O)N[C@H](C(N)=O)[C@@H](C)O)CCCN2C(=O)C2CCCN2C(=O)[C@@H](OC(N)=O)[C@@H](C)O)cc(OC)c1OC. The normalized spacial score (nSPS) is 22.2. The number of hydrogen-bond acceptors (Lipinski definition) is 11. The minimum Gasteiger partial charge on any atom is -0.493 e. The average Bonchev–Trinajstić information content (AvgIpc) is 3.65. The zero-order valence-electron chi connectivity index (χ0n) is 26.1. The predicted octanol–water partition coefficient (Wildman–Crippen LogP) is -1.20. The van der Waals surface area contributed by atoms with Gasteiger partial charge in [-0.3, -0.25) is 19.2 Å². The Labute approximate surface area is 260 Å². The highest BCUT2D eigenvalue weighted by Crippen LogP contribution is 2.42. The largest absolute Gasteiger partial charge is 0.493 e. The van der Waals surface area contributed by atoms with Crippen molar-refractivity contribution in [2.24, 2.45) is 11.5 Å². The third kappa shape index (κ3) is 7.33. The van der Waals surface area contributed by atoms with Crippen LogP contribution in [0.4, 0.5) is 4.79 Å². The molecule has 45 heavy (non-hydrogen) atoms. The molecule has 0 aliphatic carbocycles. The second kappa shape index (κ2) is 14.6. The molecule has 16 heteroatoms. The highest BCUT2D eigenvalue weighted by molar-refractivity contribution is 5.98. The van der Waals surface area contributed by atoms with Crippen molar-refractivity contribution in [1.29, 1.82) is 0 Å². The summed E-state index contributed by atoms with van der Waals surface area (Å²) >= 11 is 0. The predicted molar refractivity (Wildman–Crippen MR) is 157 cm³/mol. The smallest absolute Gasteiger partial charge is 0.405 e. The van der Waals surface area contributed by atoms with Gasteiger partial charge in [-0.1, -0.05) is 0 Å². The van der Waals surface area contributed by atoms with Crippen LogP contribution in [0.25, 0.3) is 0 Å². The summed E-state index contributed by atoms with van der Waals surface area (Å²) in [5, 5.41) is 22.9. The highest BCUT2D eigenvalue weighted by atomic mass is 16.6. The maximum absolute atomic E-state index is 14.3. The molecule has 0 aromatic heterocycles. The number of nitrogens with zero attached hydrogens (tertiary/aromatic N) is 2. The molecular weight excluding hydrogens is 594 g/mol. The molecule has 2 fully saturated rings. The van der Waals surface area contributed by atoms with Crippen molar-refractivity contribution in [3.63, 3.8) is 0 Å². The number of aliphatic hydroxyl groups excluding tert-OH is 2. The number of nitrogens with one attached hydrogen (secondary N) is 1. The van der Waals surface area contributed by atoms with Gasteiger partial charge < -0.3 is 55.7 Å². The van der Waals surface area contributed by atoms with Crippen molar-refractivity contribution in [3.05, 3.63) is 17.7 Å². The van der Waals surface area contributed by atoms with Gasteiger partial charge in [0.2, 0.25) is 29.6 Å². The van der Waals surface area contributed by atoms with E-state index in [2.05, 4.69) is 5.32 Å². The van der Waals surface area contributed by atoms with Crippen molar-refractivity contribution < 1.29 is 53.1 Å². The molecule has 3 rings (SSSR count). The van der Waals surface area contributed by atoms with Gasteiger partial charge in [0.1, 0.15) is 17.6 Å². The maximum Gasteiger partial charge on any atom is 0.405 e. The molecule has 16 nitrogen and oxygen atoms in total. The molecule has 2 heterocycles. The van der Waals surface area contributed by atoms with E-state index in [1.165, 1.54) is 45.0 Å². The molecule has 1 aromatic carbocycles. The average molecular weight is 638 g/mol. The molecule has 0 radical (unpaired) electrons. The second-order valence-electron chi connectivity index (χ2n) is 11.2. The number of benzene rings is 1. The molecule has 1 unspecified atom stereocenters. The van der Waals surface area contributed by atoms with E-state index >= 15 is 0 Å². The lowest BCUT2D eigenvalue weighted by atomic mass is 9.85. The fourth-order valence-corrected chi connectivity index (χ4v) is 6.09. The summed E-state index contributed by atoms with van der Waals surface area (Å²) in [7, 11) is 4.31. The fourth-order valence-electron chi connectivity index (χ4n) is 6.09. The van der Waals surface area contributed by atoms with E-state index in [1.807, 2.05) is 0 Å². The van der Waals surface area contributed by atoms with Crippen LogP contribution >= 0.6 is 0 Å². The second-order valence-corrected chi connectivity index (χ2v) is 11.2. The zero-order valence-corrected chi connectivity index (χ0v) is 26.1. The van der Waals surface area contributed by atoms with Gasteiger partial charge in [-0.05, 0) is 57.2 Å². The first kappa shape index (κ1) is 35.2. The van der Waals surface area contributed by atoms with Gasteiger partial charge in [0.05, 0.1) is 33.5 Å².